The Balaban J connectivity index is 3.01. The highest BCUT2D eigenvalue weighted by Crippen LogP contribution is 2.49. The highest BCUT2D eigenvalue weighted by molar-refractivity contribution is 6.74. The zero-order valence-corrected chi connectivity index (χ0v) is 14.5. The van der Waals surface area contributed by atoms with E-state index in [-0.39, 0.29) is 16.6 Å². The van der Waals surface area contributed by atoms with Gasteiger partial charge in [0.2, 0.25) is 0 Å². The quantitative estimate of drug-likeness (QED) is 0.615. The molecule has 0 aromatic heterocycles. The molecule has 0 saturated heterocycles. The summed E-state index contributed by atoms with van der Waals surface area (Å²) in [6, 6.07) is 0. The van der Waals surface area contributed by atoms with Crippen molar-refractivity contribution in [3.63, 3.8) is 0 Å². The third-order valence-corrected chi connectivity index (χ3v) is 9.09. The van der Waals surface area contributed by atoms with Crippen LogP contribution in [0.25, 0.3) is 0 Å². The first-order valence-electron chi connectivity index (χ1n) is 6.94. The molecule has 0 amide bonds. The molecule has 2 heteroatoms. The van der Waals surface area contributed by atoms with Gasteiger partial charge in [-0.2, -0.15) is 0 Å². The normalized spacial score (nSPS) is 27.0. The lowest BCUT2D eigenvalue weighted by Gasteiger charge is -2.42. The van der Waals surface area contributed by atoms with E-state index in [1.54, 1.807) is 0 Å². The molecule has 1 rings (SSSR count). The third-order valence-electron chi connectivity index (χ3n) is 4.65. The second-order valence-corrected chi connectivity index (χ2v) is 12.5. The van der Waals surface area contributed by atoms with E-state index in [0.29, 0.717) is 0 Å². The summed E-state index contributed by atoms with van der Waals surface area (Å²) in [5.74, 6) is 0. The van der Waals surface area contributed by atoms with E-state index in [4.69, 9.17) is 4.43 Å². The van der Waals surface area contributed by atoms with Gasteiger partial charge in [0.1, 0.15) is 0 Å². The molecule has 0 spiro atoms. The molecule has 1 aliphatic rings. The monoisotopic (exact) mass is 266 g/mol. The minimum atomic E-state index is -1.73. The van der Waals surface area contributed by atoms with Crippen LogP contribution >= 0.6 is 0 Å². The molecule has 0 heterocycles. The van der Waals surface area contributed by atoms with E-state index in [2.05, 4.69) is 67.3 Å². The number of rotatable bonds is 2. The van der Waals surface area contributed by atoms with E-state index >= 15 is 0 Å². The standard InChI is InChI=1S/C16H30OSi/c1-10-13-11-16(6,7)14(12(13)2)17-18(8,9)15(3,4)5/h10,14H,2,11H2,1,3-9H3/b13-10-. The highest BCUT2D eigenvalue weighted by atomic mass is 28.4. The largest absolute Gasteiger partial charge is 0.409 e. The van der Waals surface area contributed by atoms with E-state index in [0.717, 1.165) is 6.42 Å². The Morgan fingerprint density at radius 1 is 1.33 bits per heavy atom. The smallest absolute Gasteiger partial charge is 0.192 e. The Hall–Kier alpha value is -0.343. The van der Waals surface area contributed by atoms with E-state index in [1.165, 1.54) is 11.1 Å². The van der Waals surface area contributed by atoms with Crippen LogP contribution in [-0.4, -0.2) is 14.4 Å². The molecule has 0 radical (unpaired) electrons. The first kappa shape index (κ1) is 15.7. The van der Waals surface area contributed by atoms with Gasteiger partial charge in [-0.3, -0.25) is 0 Å². The summed E-state index contributed by atoms with van der Waals surface area (Å²) in [6.45, 7) is 22.5. The molecule has 0 aliphatic heterocycles. The van der Waals surface area contributed by atoms with E-state index < -0.39 is 8.32 Å². The van der Waals surface area contributed by atoms with Crippen molar-refractivity contribution in [2.45, 2.75) is 72.2 Å². The summed E-state index contributed by atoms with van der Waals surface area (Å²) in [5.41, 5.74) is 2.75. The van der Waals surface area contributed by atoms with Crippen LogP contribution in [0.4, 0.5) is 0 Å². The lowest BCUT2D eigenvalue weighted by molar-refractivity contribution is 0.113. The molecule has 0 aromatic rings. The van der Waals surface area contributed by atoms with Crippen LogP contribution in [0.2, 0.25) is 18.1 Å². The Kier molecular flexibility index (Phi) is 4.05. The molecule has 1 saturated carbocycles. The Morgan fingerprint density at radius 3 is 2.17 bits per heavy atom. The van der Waals surface area contributed by atoms with Crippen molar-refractivity contribution >= 4 is 8.32 Å². The molecule has 18 heavy (non-hydrogen) atoms. The van der Waals surface area contributed by atoms with Crippen molar-refractivity contribution in [1.82, 2.24) is 0 Å². The minimum absolute atomic E-state index is 0.175. The first-order chi connectivity index (χ1) is 7.92. The zero-order chi connectivity index (χ0) is 14.4. The van der Waals surface area contributed by atoms with Crippen molar-refractivity contribution in [3.8, 4) is 0 Å². The molecule has 1 aliphatic carbocycles. The molecule has 1 fully saturated rings. The van der Waals surface area contributed by atoms with Crippen LogP contribution in [0.15, 0.2) is 23.8 Å². The number of allylic oxidation sites excluding steroid dienone is 1. The van der Waals surface area contributed by atoms with Crippen molar-refractivity contribution < 1.29 is 4.43 Å². The van der Waals surface area contributed by atoms with Crippen molar-refractivity contribution in [2.75, 3.05) is 0 Å². The fourth-order valence-corrected chi connectivity index (χ4v) is 3.73. The van der Waals surface area contributed by atoms with Crippen molar-refractivity contribution in [1.29, 1.82) is 0 Å². The highest BCUT2D eigenvalue weighted by Gasteiger charge is 2.47. The van der Waals surface area contributed by atoms with E-state index in [9.17, 15) is 0 Å². The molecule has 1 nitrogen and oxygen atoms in total. The predicted octanol–water partition coefficient (Wildman–Crippen LogP) is 5.31. The maximum Gasteiger partial charge on any atom is 0.192 e. The molecular formula is C16H30OSi. The summed E-state index contributed by atoms with van der Waals surface area (Å²) < 4.78 is 6.62. The van der Waals surface area contributed by atoms with Gasteiger partial charge in [-0.1, -0.05) is 47.3 Å². The van der Waals surface area contributed by atoms with Crippen LogP contribution in [0.1, 0.15) is 48.0 Å². The van der Waals surface area contributed by atoms with E-state index in [1.807, 2.05) is 0 Å². The number of hydrogen-bond donors (Lipinski definition) is 0. The number of hydrogen-bond acceptors (Lipinski definition) is 1. The van der Waals surface area contributed by atoms with Crippen LogP contribution < -0.4 is 0 Å². The van der Waals surface area contributed by atoms with Gasteiger partial charge in [0.15, 0.2) is 8.32 Å². The molecule has 0 bridgehead atoms. The Bertz CT molecular complexity index is 369. The first-order valence-corrected chi connectivity index (χ1v) is 9.85. The molecule has 104 valence electrons. The summed E-state index contributed by atoms with van der Waals surface area (Å²) in [5, 5.41) is 0.252. The fourth-order valence-electron chi connectivity index (χ4n) is 2.33. The summed E-state index contributed by atoms with van der Waals surface area (Å²) >= 11 is 0. The van der Waals surface area contributed by atoms with Gasteiger partial charge in [-0.15, -0.1) is 0 Å². The third kappa shape index (κ3) is 2.80. The maximum absolute atomic E-state index is 6.62. The predicted molar refractivity (Wildman–Crippen MR) is 83.4 cm³/mol. The van der Waals surface area contributed by atoms with Crippen LogP contribution in [-0.2, 0) is 4.43 Å². The van der Waals surface area contributed by atoms with Gasteiger partial charge < -0.3 is 4.43 Å². The summed E-state index contributed by atoms with van der Waals surface area (Å²) in [7, 11) is -1.73. The molecule has 1 atom stereocenters. The van der Waals surface area contributed by atoms with Crippen LogP contribution in [0, 0.1) is 5.41 Å². The molecule has 0 N–H and O–H groups in total. The average Bonchev–Trinajstić information content (AvgIpc) is 2.39. The Morgan fingerprint density at radius 2 is 1.83 bits per heavy atom. The lowest BCUT2D eigenvalue weighted by Crippen LogP contribution is -2.46. The van der Waals surface area contributed by atoms with Crippen LogP contribution in [0.3, 0.4) is 0 Å². The zero-order valence-electron chi connectivity index (χ0n) is 13.5. The van der Waals surface area contributed by atoms with Crippen molar-refractivity contribution in [3.05, 3.63) is 23.8 Å². The average molecular weight is 267 g/mol. The summed E-state index contributed by atoms with van der Waals surface area (Å²) in [4.78, 5) is 0. The minimum Gasteiger partial charge on any atom is -0.409 e. The van der Waals surface area contributed by atoms with Gasteiger partial charge in [0, 0.05) is 0 Å². The van der Waals surface area contributed by atoms with Gasteiger partial charge in [-0.05, 0) is 48.0 Å². The van der Waals surface area contributed by atoms with Crippen molar-refractivity contribution in [2.24, 2.45) is 5.41 Å². The van der Waals surface area contributed by atoms with Gasteiger partial charge in [-0.25, -0.2) is 0 Å². The molecule has 1 unspecified atom stereocenters. The lowest BCUT2D eigenvalue weighted by atomic mass is 9.89. The van der Waals surface area contributed by atoms with Gasteiger partial charge in [0.05, 0.1) is 6.10 Å². The van der Waals surface area contributed by atoms with Gasteiger partial charge >= 0.3 is 0 Å². The topological polar surface area (TPSA) is 9.23 Å². The molecular weight excluding hydrogens is 236 g/mol. The maximum atomic E-state index is 6.62. The second kappa shape index (κ2) is 4.64. The SMILES string of the molecule is C=C1/C(=C\C)CC(C)(C)C1O[Si](C)(C)C(C)(C)C. The second-order valence-electron chi connectivity index (χ2n) is 7.76. The van der Waals surface area contributed by atoms with Gasteiger partial charge in [0.25, 0.3) is 0 Å². The molecule has 0 aromatic carbocycles. The summed E-state index contributed by atoms with van der Waals surface area (Å²) in [6.07, 6.45) is 3.46. The Labute approximate surface area is 114 Å². The van der Waals surface area contributed by atoms with Crippen LogP contribution in [0.5, 0.6) is 0 Å². The fraction of sp³-hybridized carbons (Fsp3) is 0.750.